The summed E-state index contributed by atoms with van der Waals surface area (Å²) in [5.41, 5.74) is 2.07. The van der Waals surface area contributed by atoms with Crippen LogP contribution in [0.4, 0.5) is 10.1 Å². The van der Waals surface area contributed by atoms with E-state index in [1.807, 2.05) is 17.2 Å². The minimum Gasteiger partial charge on any atom is -0.356 e. The molecule has 5 rings (SSSR count). The molecule has 1 aliphatic carbocycles. The molecular weight excluding hydrogens is 331 g/mol. The van der Waals surface area contributed by atoms with Gasteiger partial charge in [0.25, 0.3) is 0 Å². The molecule has 0 aromatic carbocycles. The normalized spacial score (nSPS) is 29.5. The molecule has 3 aliphatic rings. The Morgan fingerprint density at radius 2 is 2.19 bits per heavy atom. The van der Waals surface area contributed by atoms with Gasteiger partial charge in [-0.05, 0) is 50.5 Å². The maximum atomic E-state index is 13.2. The van der Waals surface area contributed by atoms with Crippen LogP contribution in [0.15, 0.2) is 36.7 Å². The van der Waals surface area contributed by atoms with Gasteiger partial charge in [0.05, 0.1) is 16.9 Å². The highest BCUT2D eigenvalue weighted by Crippen LogP contribution is 2.47. The lowest BCUT2D eigenvalue weighted by Crippen LogP contribution is -2.53. The van der Waals surface area contributed by atoms with Crippen molar-refractivity contribution in [2.45, 2.75) is 37.9 Å². The first kappa shape index (κ1) is 15.9. The quantitative estimate of drug-likeness (QED) is 0.833. The summed E-state index contributed by atoms with van der Waals surface area (Å²) in [6, 6.07) is 8.28. The van der Waals surface area contributed by atoms with E-state index in [4.69, 9.17) is 0 Å². The van der Waals surface area contributed by atoms with Crippen LogP contribution in [-0.2, 0) is 10.3 Å². The van der Waals surface area contributed by atoms with E-state index in [-0.39, 0.29) is 17.4 Å². The summed E-state index contributed by atoms with van der Waals surface area (Å²) in [7, 11) is 0. The summed E-state index contributed by atoms with van der Waals surface area (Å²) >= 11 is 0. The van der Waals surface area contributed by atoms with Gasteiger partial charge in [-0.15, -0.1) is 0 Å². The highest BCUT2D eigenvalue weighted by atomic mass is 19.1. The maximum absolute atomic E-state index is 13.2. The van der Waals surface area contributed by atoms with E-state index in [9.17, 15) is 9.18 Å². The first-order chi connectivity index (χ1) is 12.6. The van der Waals surface area contributed by atoms with Crippen molar-refractivity contribution < 1.29 is 9.18 Å². The van der Waals surface area contributed by atoms with Gasteiger partial charge < -0.3 is 14.4 Å². The van der Waals surface area contributed by atoms with Crippen molar-refractivity contribution in [1.29, 1.82) is 0 Å². The molecule has 1 atom stereocenters. The summed E-state index contributed by atoms with van der Waals surface area (Å²) < 4.78 is 15.4. The van der Waals surface area contributed by atoms with Gasteiger partial charge in [0.2, 0.25) is 5.91 Å². The van der Waals surface area contributed by atoms with E-state index < -0.39 is 6.17 Å². The minimum atomic E-state index is -0.794. The van der Waals surface area contributed by atoms with Crippen LogP contribution in [0.5, 0.6) is 0 Å². The molecule has 1 spiro atoms. The summed E-state index contributed by atoms with van der Waals surface area (Å²) in [6.45, 7) is 4.39. The minimum absolute atomic E-state index is 0.125. The molecule has 2 aromatic heterocycles. The van der Waals surface area contributed by atoms with E-state index >= 15 is 0 Å². The zero-order chi connectivity index (χ0) is 17.9. The third kappa shape index (κ3) is 2.01. The molecule has 4 heterocycles. The van der Waals surface area contributed by atoms with Crippen LogP contribution in [-0.4, -0.2) is 46.2 Å². The number of halogens is 1. The molecule has 1 saturated heterocycles. The molecular formula is C20H23FN4O. The molecule has 1 saturated carbocycles. The lowest BCUT2D eigenvalue weighted by atomic mass is 9.82. The van der Waals surface area contributed by atoms with Gasteiger partial charge >= 0.3 is 0 Å². The monoisotopic (exact) mass is 354 g/mol. The summed E-state index contributed by atoms with van der Waals surface area (Å²) in [6.07, 6.45) is 4.75. The smallest absolute Gasteiger partial charge is 0.225 e. The van der Waals surface area contributed by atoms with E-state index in [1.165, 1.54) is 5.69 Å². The van der Waals surface area contributed by atoms with Crippen LogP contribution in [0.2, 0.25) is 0 Å². The lowest BCUT2D eigenvalue weighted by molar-refractivity contribution is -0.139. The van der Waals surface area contributed by atoms with Crippen molar-refractivity contribution in [3.8, 4) is 5.82 Å². The Kier molecular flexibility index (Phi) is 3.39. The summed E-state index contributed by atoms with van der Waals surface area (Å²) in [5.74, 6) is 0.950. The second-order valence-corrected chi connectivity index (χ2v) is 7.66. The molecule has 26 heavy (non-hydrogen) atoms. The third-order valence-corrected chi connectivity index (χ3v) is 6.33. The number of hydrogen-bond acceptors (Lipinski definition) is 3. The zero-order valence-electron chi connectivity index (χ0n) is 14.9. The molecule has 0 radical (unpaired) electrons. The van der Waals surface area contributed by atoms with Crippen LogP contribution in [0.1, 0.15) is 31.9 Å². The molecule has 5 nitrogen and oxygen atoms in total. The molecule has 0 N–H and O–H groups in total. The third-order valence-electron chi connectivity index (χ3n) is 6.33. The Bertz CT molecular complexity index is 859. The number of carbonyl (C=O) groups excluding carboxylic acids is 1. The number of carbonyl (C=O) groups is 1. The number of amides is 1. The SMILES string of the molecule is CCN1c2cccnc2-n2cccc2[C@]12CCN(C(=O)C1CC(F)C1)C2. The molecule has 2 aromatic rings. The standard InChI is InChI=1S/C20H23FN4O/c1-2-25-16-5-3-8-22-18(16)24-9-4-6-17(24)20(25)7-10-23(13-20)19(26)14-11-15(21)12-14/h3-6,8-9,14-15H,2,7,10-13H2,1H3/t14?,15?,20-/m1/s1. The number of rotatable bonds is 2. The van der Waals surface area contributed by atoms with E-state index in [0.29, 0.717) is 19.4 Å². The predicted molar refractivity (Wildman–Crippen MR) is 97.1 cm³/mol. The Balaban J connectivity index is 1.53. The number of alkyl halides is 1. The molecule has 0 unspecified atom stereocenters. The van der Waals surface area contributed by atoms with Crippen LogP contribution < -0.4 is 4.90 Å². The maximum Gasteiger partial charge on any atom is 0.225 e. The van der Waals surface area contributed by atoms with Crippen LogP contribution in [0.3, 0.4) is 0 Å². The van der Waals surface area contributed by atoms with E-state index in [0.717, 1.165) is 31.0 Å². The highest BCUT2D eigenvalue weighted by molar-refractivity contribution is 5.81. The van der Waals surface area contributed by atoms with Crippen molar-refractivity contribution in [2.24, 2.45) is 5.92 Å². The van der Waals surface area contributed by atoms with Gasteiger partial charge in [-0.1, -0.05) is 0 Å². The van der Waals surface area contributed by atoms with Gasteiger partial charge in [-0.25, -0.2) is 9.37 Å². The number of likely N-dealkylation sites (tertiary alicyclic amines) is 1. The second-order valence-electron chi connectivity index (χ2n) is 7.66. The van der Waals surface area contributed by atoms with E-state index in [2.05, 4.69) is 45.8 Å². The van der Waals surface area contributed by atoms with Crippen LogP contribution >= 0.6 is 0 Å². The first-order valence-electron chi connectivity index (χ1n) is 9.48. The van der Waals surface area contributed by atoms with Crippen molar-refractivity contribution in [1.82, 2.24) is 14.5 Å². The number of nitrogens with zero attached hydrogens (tertiary/aromatic N) is 4. The Labute approximate surface area is 152 Å². The lowest BCUT2D eigenvalue weighted by Gasteiger charge is -2.46. The Morgan fingerprint density at radius 3 is 2.96 bits per heavy atom. The van der Waals surface area contributed by atoms with E-state index in [1.54, 1.807) is 0 Å². The number of fused-ring (bicyclic) bond motifs is 4. The number of anilines is 1. The molecule has 2 aliphatic heterocycles. The highest BCUT2D eigenvalue weighted by Gasteiger charge is 2.51. The van der Waals surface area contributed by atoms with Crippen molar-refractivity contribution in [3.05, 3.63) is 42.4 Å². The molecule has 1 amide bonds. The number of pyridine rings is 1. The fraction of sp³-hybridized carbons (Fsp3) is 0.500. The van der Waals surface area contributed by atoms with Gasteiger partial charge in [-0.2, -0.15) is 0 Å². The van der Waals surface area contributed by atoms with Gasteiger partial charge in [0, 0.05) is 37.9 Å². The first-order valence-corrected chi connectivity index (χ1v) is 9.48. The number of aromatic nitrogens is 2. The number of hydrogen-bond donors (Lipinski definition) is 0. The molecule has 0 bridgehead atoms. The summed E-state index contributed by atoms with van der Waals surface area (Å²) in [5, 5.41) is 0. The molecule has 2 fully saturated rings. The van der Waals surface area contributed by atoms with Crippen molar-refractivity contribution >= 4 is 11.6 Å². The van der Waals surface area contributed by atoms with Crippen LogP contribution in [0.25, 0.3) is 5.82 Å². The van der Waals surface area contributed by atoms with Gasteiger partial charge in [0.1, 0.15) is 6.17 Å². The van der Waals surface area contributed by atoms with Gasteiger partial charge in [0.15, 0.2) is 5.82 Å². The van der Waals surface area contributed by atoms with Crippen LogP contribution in [0, 0.1) is 5.92 Å². The van der Waals surface area contributed by atoms with Gasteiger partial charge in [-0.3, -0.25) is 4.79 Å². The van der Waals surface area contributed by atoms with Crippen molar-refractivity contribution in [2.75, 3.05) is 24.5 Å². The number of likely N-dealkylation sites (N-methyl/N-ethyl adjacent to an activating group) is 1. The fourth-order valence-electron chi connectivity index (χ4n) is 4.99. The predicted octanol–water partition coefficient (Wildman–Crippen LogP) is 2.89. The van der Waals surface area contributed by atoms with Crippen molar-refractivity contribution in [3.63, 3.8) is 0 Å². The topological polar surface area (TPSA) is 41.4 Å². The molecule has 136 valence electrons. The summed E-state index contributed by atoms with van der Waals surface area (Å²) in [4.78, 5) is 21.8. The average molecular weight is 354 g/mol. The Morgan fingerprint density at radius 1 is 1.35 bits per heavy atom. The second kappa shape index (κ2) is 5.56. The molecule has 6 heteroatoms. The Hall–Kier alpha value is -2.37. The largest absolute Gasteiger partial charge is 0.356 e. The fourth-order valence-corrected chi connectivity index (χ4v) is 4.99. The zero-order valence-corrected chi connectivity index (χ0v) is 14.9. The average Bonchev–Trinajstić information content (AvgIpc) is 3.28.